The van der Waals surface area contributed by atoms with Gasteiger partial charge in [-0.2, -0.15) is 0 Å². The van der Waals surface area contributed by atoms with Crippen molar-refractivity contribution >= 4 is 28.1 Å². The molecule has 0 saturated heterocycles. The zero-order valence-electron chi connectivity index (χ0n) is 10.5. The fourth-order valence-corrected chi connectivity index (χ4v) is 3.01. The molecule has 18 heavy (non-hydrogen) atoms. The number of rotatable bonds is 2. The summed E-state index contributed by atoms with van der Waals surface area (Å²) in [6.07, 6.45) is 4.39. The molecule has 1 aromatic carbocycles. The first-order valence-electron chi connectivity index (χ1n) is 6.50. The highest BCUT2D eigenvalue weighted by molar-refractivity contribution is 6.33. The zero-order chi connectivity index (χ0) is 12.5. The Balaban J connectivity index is 2.23. The molecule has 2 nitrogen and oxygen atoms in total. The summed E-state index contributed by atoms with van der Waals surface area (Å²) in [7, 11) is 0. The second-order valence-corrected chi connectivity index (χ2v) is 5.08. The van der Waals surface area contributed by atoms with Crippen LogP contribution in [0.5, 0.6) is 0 Å². The molecule has 0 unspecified atom stereocenters. The Morgan fingerprint density at radius 2 is 2.22 bits per heavy atom. The first-order chi connectivity index (χ1) is 8.81. The van der Waals surface area contributed by atoms with E-state index in [2.05, 4.69) is 41.5 Å². The van der Waals surface area contributed by atoms with E-state index in [1.807, 2.05) is 0 Å². The minimum absolute atomic E-state index is 0.765. The van der Waals surface area contributed by atoms with Gasteiger partial charge >= 0.3 is 0 Å². The number of benzene rings is 1. The maximum Gasteiger partial charge on any atom is 0.115 e. The Morgan fingerprint density at radius 1 is 1.33 bits per heavy atom. The van der Waals surface area contributed by atoms with E-state index in [0.717, 1.165) is 31.1 Å². The Morgan fingerprint density at radius 3 is 2.94 bits per heavy atom. The topological polar surface area (TPSA) is 27.8 Å². The number of nitrogens with one attached hydrogen (secondary N) is 2. The van der Waals surface area contributed by atoms with Crippen molar-refractivity contribution in [3.63, 3.8) is 0 Å². The van der Waals surface area contributed by atoms with Gasteiger partial charge in [-0.3, -0.25) is 0 Å². The first kappa shape index (κ1) is 11.8. The molecule has 94 valence electrons. The summed E-state index contributed by atoms with van der Waals surface area (Å²) in [6.45, 7) is 4.14. The van der Waals surface area contributed by atoms with Crippen LogP contribution in [0.15, 0.2) is 24.3 Å². The predicted molar refractivity (Wildman–Crippen MR) is 78.2 cm³/mol. The number of halogens is 1. The molecule has 0 bridgehead atoms. The maximum absolute atomic E-state index is 6.41. The van der Waals surface area contributed by atoms with Crippen molar-refractivity contribution < 1.29 is 0 Å². The van der Waals surface area contributed by atoms with Crippen LogP contribution in [0, 0.1) is 0 Å². The van der Waals surface area contributed by atoms with Crippen LogP contribution >= 0.6 is 11.6 Å². The van der Waals surface area contributed by atoms with Gasteiger partial charge in [-0.05, 0) is 30.5 Å². The number of aromatic nitrogens is 1. The van der Waals surface area contributed by atoms with Crippen molar-refractivity contribution in [1.29, 1.82) is 0 Å². The minimum Gasteiger partial charge on any atom is -0.345 e. The Kier molecular flexibility index (Phi) is 3.14. The molecule has 3 heteroatoms. The second kappa shape index (κ2) is 4.79. The van der Waals surface area contributed by atoms with E-state index in [9.17, 15) is 0 Å². The molecule has 1 aliphatic rings. The van der Waals surface area contributed by atoms with E-state index in [1.54, 1.807) is 0 Å². The van der Waals surface area contributed by atoms with E-state index >= 15 is 0 Å². The van der Waals surface area contributed by atoms with Crippen LogP contribution < -0.4 is 5.32 Å². The quantitative estimate of drug-likeness (QED) is 0.845. The van der Waals surface area contributed by atoms with Gasteiger partial charge in [-0.15, -0.1) is 0 Å². The number of fused-ring (bicyclic) bond motifs is 1. The highest BCUT2D eigenvalue weighted by Gasteiger charge is 2.16. The number of H-pyrrole nitrogens is 1. The van der Waals surface area contributed by atoms with Crippen LogP contribution in [0.1, 0.15) is 24.5 Å². The second-order valence-electron chi connectivity index (χ2n) is 4.70. The molecule has 0 spiro atoms. The Hall–Kier alpha value is -1.25. The number of para-hydroxylation sites is 1. The third-order valence-electron chi connectivity index (χ3n) is 3.60. The average molecular weight is 261 g/mol. The van der Waals surface area contributed by atoms with Crippen molar-refractivity contribution in [1.82, 2.24) is 10.3 Å². The summed E-state index contributed by atoms with van der Waals surface area (Å²) in [6, 6.07) is 6.43. The average Bonchev–Trinajstić information content (AvgIpc) is 2.75. The molecule has 0 aliphatic carbocycles. The van der Waals surface area contributed by atoms with Crippen LogP contribution in [-0.2, 0) is 6.42 Å². The molecule has 0 amide bonds. The normalized spacial score (nSPS) is 16.0. The number of aromatic amines is 1. The fourth-order valence-electron chi connectivity index (χ4n) is 2.69. The predicted octanol–water partition coefficient (Wildman–Crippen LogP) is 3.76. The third kappa shape index (κ3) is 1.86. The number of hydrogen-bond acceptors (Lipinski definition) is 1. The summed E-state index contributed by atoms with van der Waals surface area (Å²) in [4.78, 5) is 3.34. The zero-order valence-corrected chi connectivity index (χ0v) is 11.3. The van der Waals surface area contributed by atoms with Crippen LogP contribution in [0.3, 0.4) is 0 Å². The Labute approximate surface area is 112 Å². The summed E-state index contributed by atoms with van der Waals surface area (Å²) in [5.41, 5.74) is 5.00. The van der Waals surface area contributed by atoms with Gasteiger partial charge in [0, 0.05) is 17.5 Å². The van der Waals surface area contributed by atoms with Crippen LogP contribution in [0.25, 0.3) is 16.5 Å². The Bertz CT molecular complexity index is 610. The van der Waals surface area contributed by atoms with E-state index < -0.39 is 0 Å². The van der Waals surface area contributed by atoms with Gasteiger partial charge < -0.3 is 10.3 Å². The summed E-state index contributed by atoms with van der Waals surface area (Å²) >= 11 is 6.41. The van der Waals surface area contributed by atoms with Crippen LogP contribution in [0.4, 0.5) is 0 Å². The van der Waals surface area contributed by atoms with Gasteiger partial charge in [0.05, 0.1) is 5.52 Å². The molecule has 1 aromatic heterocycles. The maximum atomic E-state index is 6.41. The first-order valence-corrected chi connectivity index (χ1v) is 6.88. The van der Waals surface area contributed by atoms with Crippen LogP contribution in [0.2, 0.25) is 5.15 Å². The van der Waals surface area contributed by atoms with Crippen LogP contribution in [-0.4, -0.2) is 18.1 Å². The van der Waals surface area contributed by atoms with E-state index in [-0.39, 0.29) is 0 Å². The van der Waals surface area contributed by atoms with E-state index in [4.69, 9.17) is 11.6 Å². The summed E-state index contributed by atoms with van der Waals surface area (Å²) in [5, 5.41) is 5.41. The molecule has 1 aliphatic heterocycles. The molecular formula is C15H17ClN2. The van der Waals surface area contributed by atoms with Gasteiger partial charge in [0.2, 0.25) is 0 Å². The lowest BCUT2D eigenvalue weighted by Crippen LogP contribution is -2.21. The lowest BCUT2D eigenvalue weighted by molar-refractivity contribution is 0.739. The fraction of sp³-hybridized carbons (Fsp3) is 0.333. The summed E-state index contributed by atoms with van der Waals surface area (Å²) in [5.74, 6) is 0. The van der Waals surface area contributed by atoms with Crippen molar-refractivity contribution in [3.8, 4) is 0 Å². The number of hydrogen-bond donors (Lipinski definition) is 2. The monoisotopic (exact) mass is 260 g/mol. The molecular weight excluding hydrogens is 244 g/mol. The lowest BCUT2D eigenvalue weighted by atomic mass is 10.00. The number of aryl methyl sites for hydroxylation is 1. The SMILES string of the molecule is CCc1cccc2c(C3=CCCNC3)c(Cl)[nH]c12. The van der Waals surface area contributed by atoms with Gasteiger partial charge in [0.25, 0.3) is 0 Å². The van der Waals surface area contributed by atoms with Gasteiger partial charge in [0.1, 0.15) is 5.15 Å². The molecule has 0 saturated carbocycles. The van der Waals surface area contributed by atoms with Crippen molar-refractivity contribution in [3.05, 3.63) is 40.6 Å². The largest absolute Gasteiger partial charge is 0.345 e. The molecule has 3 rings (SSSR count). The highest BCUT2D eigenvalue weighted by atomic mass is 35.5. The van der Waals surface area contributed by atoms with E-state index in [0.29, 0.717) is 0 Å². The summed E-state index contributed by atoms with van der Waals surface area (Å²) < 4.78 is 0. The molecule has 0 fully saturated rings. The molecule has 0 radical (unpaired) electrons. The van der Waals surface area contributed by atoms with Gasteiger partial charge in [-0.25, -0.2) is 0 Å². The molecule has 0 atom stereocenters. The van der Waals surface area contributed by atoms with Crippen molar-refractivity contribution in [2.24, 2.45) is 0 Å². The van der Waals surface area contributed by atoms with Crippen molar-refractivity contribution in [2.75, 3.05) is 13.1 Å². The standard InChI is InChI=1S/C15H17ClN2/c1-2-10-5-3-7-12-13(15(16)18-14(10)12)11-6-4-8-17-9-11/h3,5-7,17-18H,2,4,8-9H2,1H3. The van der Waals surface area contributed by atoms with Crippen molar-refractivity contribution in [2.45, 2.75) is 19.8 Å². The smallest absolute Gasteiger partial charge is 0.115 e. The molecule has 2 N–H and O–H groups in total. The minimum atomic E-state index is 0.765. The lowest BCUT2D eigenvalue weighted by Gasteiger charge is -2.14. The third-order valence-corrected chi connectivity index (χ3v) is 3.89. The molecule has 2 aromatic rings. The van der Waals surface area contributed by atoms with Gasteiger partial charge in [0.15, 0.2) is 0 Å². The van der Waals surface area contributed by atoms with Gasteiger partial charge in [-0.1, -0.05) is 42.8 Å². The molecule has 2 heterocycles. The highest BCUT2D eigenvalue weighted by Crippen LogP contribution is 2.34. The van der Waals surface area contributed by atoms with E-state index in [1.165, 1.54) is 27.6 Å².